The summed E-state index contributed by atoms with van der Waals surface area (Å²) in [7, 11) is 0. The zero-order valence-corrected chi connectivity index (χ0v) is 17.9. The van der Waals surface area contributed by atoms with Gasteiger partial charge < -0.3 is 23.4 Å². The maximum absolute atomic E-state index is 13.6. The fraction of sp³-hybridized carbons (Fsp3) is 0.304. The lowest BCUT2D eigenvalue weighted by Gasteiger charge is -2.14. The normalized spacial score (nSPS) is 11.4. The van der Waals surface area contributed by atoms with E-state index in [4.69, 9.17) is 23.4 Å². The summed E-state index contributed by atoms with van der Waals surface area (Å²) in [6.07, 6.45) is -4.99. The summed E-state index contributed by atoms with van der Waals surface area (Å²) in [4.78, 5) is 24.5. The molecule has 0 unspecified atom stereocenters. The first-order valence-electron chi connectivity index (χ1n) is 9.97. The Balaban J connectivity index is 1.86. The van der Waals surface area contributed by atoms with E-state index >= 15 is 0 Å². The van der Waals surface area contributed by atoms with Crippen LogP contribution in [0, 0.1) is 6.92 Å². The summed E-state index contributed by atoms with van der Waals surface area (Å²) < 4.78 is 66.4. The minimum absolute atomic E-state index is 0.0211. The molecule has 3 rings (SSSR count). The third kappa shape index (κ3) is 6.26. The standard InChI is InChI=1S/C23H21F3O7/c1-3-29-10-11-30-19(27)13-31-16-8-9-17-18(12-16)33-22(23(24,25)26)21(20(17)28)32-15-6-4-14(2)5-7-15/h4-9,12H,3,10-11,13H2,1-2H3. The molecule has 3 aromatic rings. The quantitative estimate of drug-likeness (QED) is 0.329. The Morgan fingerprint density at radius 3 is 2.39 bits per heavy atom. The van der Waals surface area contributed by atoms with Crippen molar-refractivity contribution in [1.29, 1.82) is 0 Å². The van der Waals surface area contributed by atoms with Crippen molar-refractivity contribution in [2.24, 2.45) is 0 Å². The van der Waals surface area contributed by atoms with E-state index in [-0.39, 0.29) is 35.7 Å². The van der Waals surface area contributed by atoms with E-state index in [2.05, 4.69) is 0 Å². The molecular weight excluding hydrogens is 445 g/mol. The van der Waals surface area contributed by atoms with E-state index < -0.39 is 35.7 Å². The number of ether oxygens (including phenoxy) is 4. The average Bonchev–Trinajstić information content (AvgIpc) is 2.77. The summed E-state index contributed by atoms with van der Waals surface area (Å²) in [5.74, 6) is -3.15. The highest BCUT2D eigenvalue weighted by atomic mass is 19.4. The van der Waals surface area contributed by atoms with E-state index in [1.54, 1.807) is 26.0 Å². The molecule has 10 heteroatoms. The molecule has 33 heavy (non-hydrogen) atoms. The molecule has 7 nitrogen and oxygen atoms in total. The van der Waals surface area contributed by atoms with E-state index in [0.29, 0.717) is 6.61 Å². The number of aryl methyl sites for hydroxylation is 1. The minimum Gasteiger partial charge on any atom is -0.482 e. The number of fused-ring (bicyclic) bond motifs is 1. The number of rotatable bonds is 9. The number of esters is 1. The zero-order valence-electron chi connectivity index (χ0n) is 17.9. The molecule has 0 saturated carbocycles. The largest absolute Gasteiger partial charge is 0.482 e. The van der Waals surface area contributed by atoms with E-state index in [1.165, 1.54) is 24.3 Å². The topological polar surface area (TPSA) is 84.2 Å². The number of hydrogen-bond acceptors (Lipinski definition) is 7. The van der Waals surface area contributed by atoms with Gasteiger partial charge in [-0.15, -0.1) is 0 Å². The number of alkyl halides is 3. The van der Waals surface area contributed by atoms with Gasteiger partial charge in [-0.05, 0) is 38.1 Å². The van der Waals surface area contributed by atoms with E-state index in [9.17, 15) is 22.8 Å². The SMILES string of the molecule is CCOCCOC(=O)COc1ccc2c(=O)c(Oc3ccc(C)cc3)c(C(F)(F)F)oc2c1. The van der Waals surface area contributed by atoms with Crippen LogP contribution in [0.4, 0.5) is 13.2 Å². The Hall–Kier alpha value is -3.53. The molecule has 0 spiro atoms. The Kier molecular flexibility index (Phi) is 7.59. The van der Waals surface area contributed by atoms with Crippen LogP contribution in [0.3, 0.4) is 0 Å². The molecule has 2 aromatic carbocycles. The van der Waals surface area contributed by atoms with Crippen molar-refractivity contribution >= 4 is 16.9 Å². The van der Waals surface area contributed by atoms with Gasteiger partial charge in [0.05, 0.1) is 12.0 Å². The van der Waals surface area contributed by atoms with Gasteiger partial charge >= 0.3 is 12.1 Å². The molecular formula is C23H21F3O7. The zero-order chi connectivity index (χ0) is 24.0. The number of halogens is 3. The Morgan fingerprint density at radius 2 is 1.73 bits per heavy atom. The number of hydrogen-bond donors (Lipinski definition) is 0. The van der Waals surface area contributed by atoms with Crippen molar-refractivity contribution in [2.45, 2.75) is 20.0 Å². The summed E-state index contributed by atoms with van der Waals surface area (Å²) in [5.41, 5.74) is -0.494. The second-order valence-corrected chi connectivity index (χ2v) is 6.87. The highest BCUT2D eigenvalue weighted by Crippen LogP contribution is 2.38. The lowest BCUT2D eigenvalue weighted by atomic mass is 10.2. The third-order valence-electron chi connectivity index (χ3n) is 4.37. The molecule has 0 atom stereocenters. The molecule has 0 N–H and O–H groups in total. The van der Waals surface area contributed by atoms with Crippen molar-refractivity contribution in [2.75, 3.05) is 26.4 Å². The van der Waals surface area contributed by atoms with Crippen LogP contribution < -0.4 is 14.9 Å². The van der Waals surface area contributed by atoms with E-state index in [1.807, 2.05) is 0 Å². The van der Waals surface area contributed by atoms with Gasteiger partial charge in [-0.25, -0.2) is 4.79 Å². The molecule has 0 aliphatic heterocycles. The van der Waals surface area contributed by atoms with Crippen LogP contribution >= 0.6 is 0 Å². The molecule has 0 saturated heterocycles. The smallest absolute Gasteiger partial charge is 0.453 e. The van der Waals surface area contributed by atoms with Crippen LogP contribution in [-0.4, -0.2) is 32.4 Å². The van der Waals surface area contributed by atoms with Crippen molar-refractivity contribution in [1.82, 2.24) is 0 Å². The first-order chi connectivity index (χ1) is 15.7. The summed E-state index contributed by atoms with van der Waals surface area (Å²) >= 11 is 0. The van der Waals surface area contributed by atoms with E-state index in [0.717, 1.165) is 11.6 Å². The summed E-state index contributed by atoms with van der Waals surface area (Å²) in [6, 6.07) is 9.82. The molecule has 0 bridgehead atoms. The predicted molar refractivity (Wildman–Crippen MR) is 112 cm³/mol. The van der Waals surface area contributed by atoms with Crippen LogP contribution in [0.25, 0.3) is 11.0 Å². The Labute approximate surface area is 186 Å². The molecule has 0 aliphatic rings. The lowest BCUT2D eigenvalue weighted by molar-refractivity contribution is -0.154. The van der Waals surface area contributed by atoms with Crippen molar-refractivity contribution in [3.63, 3.8) is 0 Å². The van der Waals surface area contributed by atoms with Crippen LogP contribution in [0.1, 0.15) is 18.2 Å². The van der Waals surface area contributed by atoms with Crippen LogP contribution in [0.15, 0.2) is 51.7 Å². The molecule has 0 fully saturated rings. The number of benzene rings is 2. The van der Waals surface area contributed by atoms with Gasteiger partial charge in [0.15, 0.2) is 6.61 Å². The maximum atomic E-state index is 13.6. The molecule has 176 valence electrons. The van der Waals surface area contributed by atoms with Gasteiger partial charge in [-0.2, -0.15) is 13.2 Å². The van der Waals surface area contributed by atoms with Crippen molar-refractivity contribution in [3.05, 3.63) is 64.0 Å². The fourth-order valence-electron chi connectivity index (χ4n) is 2.79. The van der Waals surface area contributed by atoms with Gasteiger partial charge in [-0.1, -0.05) is 17.7 Å². The van der Waals surface area contributed by atoms with Gasteiger partial charge in [0.1, 0.15) is 23.7 Å². The third-order valence-corrected chi connectivity index (χ3v) is 4.37. The highest BCUT2D eigenvalue weighted by Gasteiger charge is 2.40. The minimum atomic E-state index is -4.99. The monoisotopic (exact) mass is 466 g/mol. The van der Waals surface area contributed by atoms with Gasteiger partial charge in [0.2, 0.25) is 11.2 Å². The van der Waals surface area contributed by atoms with Crippen LogP contribution in [-0.2, 0) is 20.4 Å². The summed E-state index contributed by atoms with van der Waals surface area (Å²) in [5, 5.41) is -0.142. The number of carbonyl (C=O) groups excluding carboxylic acids is 1. The average molecular weight is 466 g/mol. The lowest BCUT2D eigenvalue weighted by Crippen LogP contribution is -2.18. The molecule has 0 aliphatic carbocycles. The highest BCUT2D eigenvalue weighted by molar-refractivity contribution is 5.80. The van der Waals surface area contributed by atoms with Gasteiger partial charge in [0, 0.05) is 12.7 Å². The van der Waals surface area contributed by atoms with Gasteiger partial charge in [-0.3, -0.25) is 4.79 Å². The Bertz CT molecular complexity index is 1170. The first kappa shape index (κ1) is 24.1. The maximum Gasteiger partial charge on any atom is 0.453 e. The van der Waals surface area contributed by atoms with Gasteiger partial charge in [0.25, 0.3) is 5.76 Å². The van der Waals surface area contributed by atoms with Crippen molar-refractivity contribution in [3.8, 4) is 17.2 Å². The predicted octanol–water partition coefficient (Wildman–Crippen LogP) is 4.87. The molecule has 0 amide bonds. The summed E-state index contributed by atoms with van der Waals surface area (Å²) in [6.45, 7) is 3.87. The molecule has 1 aromatic heterocycles. The fourth-order valence-corrected chi connectivity index (χ4v) is 2.79. The van der Waals surface area contributed by atoms with Crippen molar-refractivity contribution < 1.29 is 41.3 Å². The molecule has 1 heterocycles. The van der Waals surface area contributed by atoms with Crippen LogP contribution in [0.2, 0.25) is 0 Å². The first-order valence-corrected chi connectivity index (χ1v) is 9.97. The Morgan fingerprint density at radius 1 is 1.03 bits per heavy atom. The molecule has 0 radical (unpaired) electrons. The second kappa shape index (κ2) is 10.4. The van der Waals surface area contributed by atoms with Crippen LogP contribution in [0.5, 0.6) is 17.2 Å². The second-order valence-electron chi connectivity index (χ2n) is 6.87. The number of carbonyl (C=O) groups is 1.